The Kier molecular flexibility index (Phi) is 8.56. The second-order valence-corrected chi connectivity index (χ2v) is 11.7. The third kappa shape index (κ3) is 6.34. The number of ether oxygens (including phenoxy) is 1. The summed E-state index contributed by atoms with van der Waals surface area (Å²) < 4.78 is 8.83. The summed E-state index contributed by atoms with van der Waals surface area (Å²) in [5.74, 6) is 1.14. The molecule has 0 saturated carbocycles. The summed E-state index contributed by atoms with van der Waals surface area (Å²) in [6.45, 7) is 4.74. The first-order valence-electron chi connectivity index (χ1n) is 14.2. The summed E-state index contributed by atoms with van der Waals surface area (Å²) in [7, 11) is 3.56. The average molecular weight is 602 g/mol. The van der Waals surface area contributed by atoms with E-state index >= 15 is 0 Å². The minimum Gasteiger partial charge on any atom is -0.383 e. The molecule has 0 aliphatic carbocycles. The molecule has 12 nitrogen and oxygen atoms in total. The number of nitrogens with zero attached hydrogens (tertiary/aromatic N) is 7. The van der Waals surface area contributed by atoms with Crippen LogP contribution < -0.4 is 10.6 Å². The molecule has 0 bridgehead atoms. The van der Waals surface area contributed by atoms with Crippen LogP contribution in [0.3, 0.4) is 0 Å². The molecule has 43 heavy (non-hydrogen) atoms. The summed E-state index contributed by atoms with van der Waals surface area (Å²) in [5, 5.41) is 26.2. The Labute approximate surface area is 254 Å². The molecule has 13 heteroatoms. The summed E-state index contributed by atoms with van der Waals surface area (Å²) >= 11 is 1.50. The Bertz CT molecular complexity index is 1620. The lowest BCUT2D eigenvalue weighted by atomic mass is 9.94. The first kappa shape index (κ1) is 29.1. The van der Waals surface area contributed by atoms with Gasteiger partial charge >= 0.3 is 6.03 Å². The van der Waals surface area contributed by atoms with Crippen molar-refractivity contribution in [2.45, 2.75) is 25.1 Å². The maximum atomic E-state index is 13.7. The lowest BCUT2D eigenvalue weighted by Gasteiger charge is -2.21. The number of aliphatic hydroxyl groups is 1. The number of aromatic nitrogens is 5. The van der Waals surface area contributed by atoms with E-state index in [0.717, 1.165) is 51.9 Å². The van der Waals surface area contributed by atoms with Gasteiger partial charge in [-0.3, -0.25) is 19.9 Å². The van der Waals surface area contributed by atoms with Crippen molar-refractivity contribution in [2.75, 3.05) is 44.4 Å². The maximum absolute atomic E-state index is 13.7. The molecule has 6 rings (SSSR count). The third-order valence-corrected chi connectivity index (χ3v) is 8.78. The third-order valence-electron chi connectivity index (χ3n) is 7.72. The number of thioether (sulfide) groups is 1. The SMILES string of the molecule is COCCN1C[C@@H](NC(=O)Nc2c(C)c(-c3cnn(C)c3)nn2-c2ccccc2)[C@H](c2ccnc(C3=NC(O)CS3)c2)C1. The number of para-hydroxylation sites is 1. The van der Waals surface area contributed by atoms with Crippen molar-refractivity contribution in [2.24, 2.45) is 12.0 Å². The van der Waals surface area contributed by atoms with E-state index in [0.29, 0.717) is 24.7 Å². The highest BCUT2D eigenvalue weighted by molar-refractivity contribution is 8.14. The van der Waals surface area contributed by atoms with Gasteiger partial charge < -0.3 is 15.2 Å². The van der Waals surface area contributed by atoms with Crippen LogP contribution in [0.25, 0.3) is 16.9 Å². The molecule has 5 heterocycles. The highest BCUT2D eigenvalue weighted by Gasteiger charge is 2.35. The standard InChI is InChI=1S/C30H35N9O3S/c1-19-27(21-14-32-37(2)15-21)36-39(22-7-5-4-6-8-22)28(19)35-30(41)33-25-17-38(11-12-42-3)16-23(25)20-9-10-31-24(13-20)29-34-26(40)18-43-29/h4-10,13-15,23,25-26,40H,11-12,16-18H2,1-3H3,(H2,33,35,41)/t23-,25+,26?/m0/s1. The van der Waals surface area contributed by atoms with Gasteiger partial charge in [-0.1, -0.05) is 30.0 Å². The Morgan fingerprint density at radius 2 is 2.05 bits per heavy atom. The Balaban J connectivity index is 1.26. The predicted molar refractivity (Wildman–Crippen MR) is 167 cm³/mol. The van der Waals surface area contributed by atoms with Crippen LogP contribution in [0.5, 0.6) is 0 Å². The fourth-order valence-electron chi connectivity index (χ4n) is 5.60. The van der Waals surface area contributed by atoms with Crippen molar-refractivity contribution in [3.8, 4) is 16.9 Å². The Morgan fingerprint density at radius 1 is 1.21 bits per heavy atom. The van der Waals surface area contributed by atoms with E-state index in [1.54, 1.807) is 28.9 Å². The first-order chi connectivity index (χ1) is 20.9. The van der Waals surface area contributed by atoms with Gasteiger partial charge in [-0.15, -0.1) is 0 Å². The van der Waals surface area contributed by atoms with E-state index in [9.17, 15) is 9.90 Å². The monoisotopic (exact) mass is 601 g/mol. The van der Waals surface area contributed by atoms with Crippen molar-refractivity contribution in [1.29, 1.82) is 0 Å². The number of amides is 2. The van der Waals surface area contributed by atoms with Gasteiger partial charge in [0.1, 0.15) is 16.6 Å². The number of anilines is 1. The second kappa shape index (κ2) is 12.7. The Morgan fingerprint density at radius 3 is 2.77 bits per heavy atom. The van der Waals surface area contributed by atoms with Crippen molar-refractivity contribution >= 4 is 28.7 Å². The normalized spacial score (nSPS) is 20.4. The molecule has 3 atom stereocenters. The highest BCUT2D eigenvalue weighted by atomic mass is 32.2. The van der Waals surface area contributed by atoms with E-state index in [2.05, 4.69) is 30.6 Å². The summed E-state index contributed by atoms with van der Waals surface area (Å²) in [6.07, 6.45) is 4.75. The second-order valence-electron chi connectivity index (χ2n) is 10.7. The molecule has 0 spiro atoms. The van der Waals surface area contributed by atoms with Crippen LogP contribution in [-0.4, -0.2) is 97.0 Å². The number of aryl methyl sites for hydroxylation is 1. The van der Waals surface area contributed by atoms with Crippen molar-refractivity contribution in [1.82, 2.24) is 34.8 Å². The fraction of sp³-hybridized carbons (Fsp3) is 0.367. The molecule has 2 aliphatic rings. The maximum Gasteiger partial charge on any atom is 0.320 e. The number of hydrogen-bond donors (Lipinski definition) is 3. The zero-order chi connectivity index (χ0) is 29.9. The number of hydrogen-bond acceptors (Lipinski definition) is 9. The van der Waals surface area contributed by atoms with E-state index in [1.165, 1.54) is 11.8 Å². The lowest BCUT2D eigenvalue weighted by Crippen LogP contribution is -2.42. The van der Waals surface area contributed by atoms with Crippen molar-refractivity contribution in [3.63, 3.8) is 0 Å². The molecule has 3 aromatic heterocycles. The predicted octanol–water partition coefficient (Wildman–Crippen LogP) is 3.02. The molecular formula is C30H35N9O3S. The van der Waals surface area contributed by atoms with Crippen molar-refractivity contribution in [3.05, 3.63) is 77.9 Å². The van der Waals surface area contributed by atoms with Crippen LogP contribution in [0.1, 0.15) is 22.7 Å². The smallest absolute Gasteiger partial charge is 0.320 e. The fourth-order valence-corrected chi connectivity index (χ4v) is 6.44. The van der Waals surface area contributed by atoms with E-state index in [1.807, 2.05) is 62.6 Å². The van der Waals surface area contributed by atoms with Crippen LogP contribution in [0.4, 0.5) is 10.6 Å². The van der Waals surface area contributed by atoms with E-state index < -0.39 is 6.23 Å². The van der Waals surface area contributed by atoms with Gasteiger partial charge in [0, 0.05) is 69.0 Å². The van der Waals surface area contributed by atoms with Crippen LogP contribution in [0.15, 0.2) is 66.0 Å². The molecule has 1 unspecified atom stereocenters. The molecule has 4 aromatic rings. The quantitative estimate of drug-likeness (QED) is 0.267. The van der Waals surface area contributed by atoms with Crippen LogP contribution in [0.2, 0.25) is 0 Å². The minimum absolute atomic E-state index is 0.0207. The van der Waals surface area contributed by atoms with Crippen LogP contribution >= 0.6 is 11.8 Å². The van der Waals surface area contributed by atoms with Gasteiger partial charge in [0.25, 0.3) is 0 Å². The highest BCUT2D eigenvalue weighted by Crippen LogP contribution is 2.32. The zero-order valence-electron chi connectivity index (χ0n) is 24.3. The van der Waals surface area contributed by atoms with Gasteiger partial charge in [0.05, 0.1) is 30.2 Å². The van der Waals surface area contributed by atoms with E-state index in [-0.39, 0.29) is 18.0 Å². The molecule has 1 saturated heterocycles. The van der Waals surface area contributed by atoms with E-state index in [4.69, 9.17) is 9.84 Å². The summed E-state index contributed by atoms with van der Waals surface area (Å²) in [5.41, 5.74) is 5.09. The van der Waals surface area contributed by atoms with Gasteiger partial charge in [0.2, 0.25) is 0 Å². The number of carbonyl (C=O) groups excluding carboxylic acids is 1. The number of likely N-dealkylation sites (tertiary alicyclic amines) is 1. The van der Waals surface area contributed by atoms with Crippen LogP contribution in [0, 0.1) is 6.92 Å². The summed E-state index contributed by atoms with van der Waals surface area (Å²) in [6, 6.07) is 13.3. The number of methoxy groups -OCH3 is 1. The number of nitrogens with one attached hydrogen (secondary N) is 2. The number of pyridine rings is 1. The molecule has 1 fully saturated rings. The Hall–Kier alpha value is -4.04. The zero-order valence-corrected chi connectivity index (χ0v) is 25.2. The number of carbonyl (C=O) groups is 1. The number of aliphatic imine (C=N–C) groups is 1. The van der Waals surface area contributed by atoms with Gasteiger partial charge in [-0.25, -0.2) is 14.5 Å². The molecule has 1 aromatic carbocycles. The lowest BCUT2D eigenvalue weighted by molar-refractivity contribution is 0.159. The van der Waals surface area contributed by atoms with Crippen molar-refractivity contribution < 1.29 is 14.6 Å². The molecule has 0 radical (unpaired) electrons. The average Bonchev–Trinajstić information content (AvgIpc) is 3.80. The van der Waals surface area contributed by atoms with Gasteiger partial charge in [-0.2, -0.15) is 10.2 Å². The number of benzene rings is 1. The molecule has 2 aliphatic heterocycles. The van der Waals surface area contributed by atoms with Gasteiger partial charge in [-0.05, 0) is 36.8 Å². The number of rotatable bonds is 9. The van der Waals surface area contributed by atoms with Gasteiger partial charge in [0.15, 0.2) is 6.23 Å². The summed E-state index contributed by atoms with van der Waals surface area (Å²) in [4.78, 5) is 24.8. The minimum atomic E-state index is -0.703. The molecule has 224 valence electrons. The topological polar surface area (TPSA) is 135 Å². The molecule has 2 amide bonds. The molecular weight excluding hydrogens is 566 g/mol. The number of urea groups is 1. The first-order valence-corrected chi connectivity index (χ1v) is 15.2. The molecule has 3 N–H and O–H groups in total. The van der Waals surface area contributed by atoms with Crippen LogP contribution in [-0.2, 0) is 11.8 Å². The number of aliphatic hydroxyl groups excluding tert-OH is 1. The largest absolute Gasteiger partial charge is 0.383 e.